The van der Waals surface area contributed by atoms with E-state index in [2.05, 4.69) is 17.1 Å². The number of nitrogen functional groups attached to an aromatic ring is 1. The lowest BCUT2D eigenvalue weighted by Gasteiger charge is -2.23. The van der Waals surface area contributed by atoms with E-state index >= 15 is 0 Å². The van der Waals surface area contributed by atoms with Crippen LogP contribution < -0.4 is 10.5 Å². The quantitative estimate of drug-likeness (QED) is 0.903. The van der Waals surface area contributed by atoms with Crippen LogP contribution in [-0.4, -0.2) is 12.1 Å². The van der Waals surface area contributed by atoms with Gasteiger partial charge in [0.2, 0.25) is 0 Å². The minimum Gasteiger partial charge on any atom is -0.496 e. The number of hydrogen-bond acceptors (Lipinski definition) is 4. The Hall–Kier alpha value is -1.55. The molecule has 1 aromatic carbocycles. The fraction of sp³-hybridized carbons (Fsp3) is 0.357. The number of aromatic nitrogens is 1. The highest BCUT2D eigenvalue weighted by Gasteiger charge is 2.25. The number of nitrogens with zero attached hydrogens (tertiary/aromatic N) is 1. The van der Waals surface area contributed by atoms with Crippen molar-refractivity contribution in [1.29, 1.82) is 0 Å². The predicted molar refractivity (Wildman–Crippen MR) is 74.3 cm³/mol. The number of para-hydroxylation sites is 1. The number of hydrogen-bond donors (Lipinski definition) is 1. The Morgan fingerprint density at radius 1 is 1.39 bits per heavy atom. The van der Waals surface area contributed by atoms with Gasteiger partial charge < -0.3 is 10.5 Å². The lowest BCUT2D eigenvalue weighted by atomic mass is 9.85. The topological polar surface area (TPSA) is 48.1 Å². The maximum atomic E-state index is 5.78. The van der Waals surface area contributed by atoms with Crippen LogP contribution in [0.2, 0.25) is 0 Å². The molecule has 0 amide bonds. The SMILES string of the molecule is COc1ccccc1C1CCc2nc(N)sc2C1. The van der Waals surface area contributed by atoms with E-state index in [4.69, 9.17) is 10.5 Å². The van der Waals surface area contributed by atoms with Crippen molar-refractivity contribution in [3.63, 3.8) is 0 Å². The van der Waals surface area contributed by atoms with E-state index < -0.39 is 0 Å². The Balaban J connectivity index is 1.91. The molecule has 4 heteroatoms. The Morgan fingerprint density at radius 3 is 3.06 bits per heavy atom. The minimum atomic E-state index is 0.522. The van der Waals surface area contributed by atoms with Crippen LogP contribution in [0.5, 0.6) is 5.75 Å². The van der Waals surface area contributed by atoms with Gasteiger partial charge in [0.15, 0.2) is 5.13 Å². The number of methoxy groups -OCH3 is 1. The van der Waals surface area contributed by atoms with E-state index in [0.717, 1.165) is 25.0 Å². The molecule has 0 radical (unpaired) electrons. The first-order chi connectivity index (χ1) is 8.78. The van der Waals surface area contributed by atoms with Gasteiger partial charge in [-0.25, -0.2) is 4.98 Å². The number of thiazole rings is 1. The number of fused-ring (bicyclic) bond motifs is 1. The molecule has 0 saturated heterocycles. The normalized spacial score (nSPS) is 18.4. The molecule has 2 aromatic rings. The number of nitrogens with two attached hydrogens (primary N) is 1. The zero-order valence-electron chi connectivity index (χ0n) is 10.3. The first-order valence-corrected chi connectivity index (χ1v) is 6.96. The molecule has 1 aliphatic rings. The highest BCUT2D eigenvalue weighted by molar-refractivity contribution is 7.15. The Bertz CT molecular complexity index is 565. The lowest BCUT2D eigenvalue weighted by Crippen LogP contribution is -2.12. The first kappa shape index (κ1) is 11.5. The van der Waals surface area contributed by atoms with Crippen LogP contribution in [0, 0.1) is 0 Å². The summed E-state index contributed by atoms with van der Waals surface area (Å²) in [6.07, 6.45) is 3.17. The molecule has 3 nitrogen and oxygen atoms in total. The molecule has 3 rings (SSSR count). The van der Waals surface area contributed by atoms with E-state index in [1.54, 1.807) is 18.4 Å². The fourth-order valence-corrected chi connectivity index (χ4v) is 3.62. The van der Waals surface area contributed by atoms with Crippen LogP contribution in [0.4, 0.5) is 5.13 Å². The van der Waals surface area contributed by atoms with Gasteiger partial charge in [-0.3, -0.25) is 0 Å². The van der Waals surface area contributed by atoms with Crippen molar-refractivity contribution < 1.29 is 4.74 Å². The molecule has 18 heavy (non-hydrogen) atoms. The van der Waals surface area contributed by atoms with Gasteiger partial charge in [0.1, 0.15) is 5.75 Å². The first-order valence-electron chi connectivity index (χ1n) is 6.15. The van der Waals surface area contributed by atoms with Gasteiger partial charge in [-0.15, -0.1) is 11.3 Å². The second-order valence-electron chi connectivity index (χ2n) is 4.60. The highest BCUT2D eigenvalue weighted by atomic mass is 32.1. The second kappa shape index (κ2) is 4.61. The third-order valence-electron chi connectivity index (χ3n) is 3.53. The van der Waals surface area contributed by atoms with E-state index in [1.807, 2.05) is 12.1 Å². The predicted octanol–water partition coefficient (Wildman–Crippen LogP) is 3.01. The summed E-state index contributed by atoms with van der Waals surface area (Å²) in [4.78, 5) is 5.73. The molecule has 0 saturated carbocycles. The maximum Gasteiger partial charge on any atom is 0.180 e. The fourth-order valence-electron chi connectivity index (χ4n) is 2.66. The summed E-state index contributed by atoms with van der Waals surface area (Å²) < 4.78 is 5.45. The van der Waals surface area contributed by atoms with E-state index in [1.165, 1.54) is 16.1 Å². The number of rotatable bonds is 2. The van der Waals surface area contributed by atoms with E-state index in [9.17, 15) is 0 Å². The Morgan fingerprint density at radius 2 is 2.22 bits per heavy atom. The number of ether oxygens (including phenoxy) is 1. The molecule has 0 bridgehead atoms. The van der Waals surface area contributed by atoms with Gasteiger partial charge in [0, 0.05) is 4.88 Å². The van der Waals surface area contributed by atoms with Crippen LogP contribution in [-0.2, 0) is 12.8 Å². The van der Waals surface area contributed by atoms with Gasteiger partial charge in [0.25, 0.3) is 0 Å². The molecule has 1 aromatic heterocycles. The third-order valence-corrected chi connectivity index (χ3v) is 4.48. The van der Waals surface area contributed by atoms with Crippen molar-refractivity contribution in [1.82, 2.24) is 4.98 Å². The van der Waals surface area contributed by atoms with Crippen LogP contribution in [0.3, 0.4) is 0 Å². The molecule has 0 spiro atoms. The number of benzene rings is 1. The van der Waals surface area contributed by atoms with Crippen LogP contribution in [0.15, 0.2) is 24.3 Å². The molecule has 1 aliphatic carbocycles. The molecule has 1 heterocycles. The van der Waals surface area contributed by atoms with Crippen molar-refractivity contribution in [2.45, 2.75) is 25.2 Å². The minimum absolute atomic E-state index is 0.522. The summed E-state index contributed by atoms with van der Waals surface area (Å²) in [6.45, 7) is 0. The van der Waals surface area contributed by atoms with Gasteiger partial charge >= 0.3 is 0 Å². The Labute approximate surface area is 111 Å². The van der Waals surface area contributed by atoms with E-state index in [0.29, 0.717) is 11.0 Å². The van der Waals surface area contributed by atoms with Gasteiger partial charge in [0.05, 0.1) is 12.8 Å². The van der Waals surface area contributed by atoms with Crippen molar-refractivity contribution in [3.8, 4) is 5.75 Å². The van der Waals surface area contributed by atoms with Crippen molar-refractivity contribution in [2.75, 3.05) is 12.8 Å². The zero-order chi connectivity index (χ0) is 12.5. The molecule has 1 atom stereocenters. The van der Waals surface area contributed by atoms with E-state index in [-0.39, 0.29) is 0 Å². The number of anilines is 1. The third kappa shape index (κ3) is 1.97. The molecular weight excluding hydrogens is 244 g/mol. The summed E-state index contributed by atoms with van der Waals surface area (Å²) in [6, 6.07) is 8.29. The van der Waals surface area contributed by atoms with Crippen molar-refractivity contribution >= 4 is 16.5 Å². The average molecular weight is 260 g/mol. The summed E-state index contributed by atoms with van der Waals surface area (Å²) in [7, 11) is 1.73. The van der Waals surface area contributed by atoms with Crippen molar-refractivity contribution in [2.24, 2.45) is 0 Å². The number of aryl methyl sites for hydroxylation is 1. The highest BCUT2D eigenvalue weighted by Crippen LogP contribution is 2.39. The standard InChI is InChI=1S/C14H16N2OS/c1-17-12-5-3-2-4-10(12)9-6-7-11-13(8-9)18-14(15)16-11/h2-5,9H,6-8H2,1H3,(H2,15,16). The van der Waals surface area contributed by atoms with Crippen molar-refractivity contribution in [3.05, 3.63) is 40.4 Å². The van der Waals surface area contributed by atoms with Crippen LogP contribution >= 0.6 is 11.3 Å². The summed E-state index contributed by atoms with van der Waals surface area (Å²) >= 11 is 1.63. The molecule has 1 unspecified atom stereocenters. The summed E-state index contributed by atoms with van der Waals surface area (Å²) in [5, 5.41) is 0.695. The monoisotopic (exact) mass is 260 g/mol. The smallest absolute Gasteiger partial charge is 0.180 e. The molecule has 2 N–H and O–H groups in total. The molecule has 94 valence electrons. The summed E-state index contributed by atoms with van der Waals surface area (Å²) in [5.74, 6) is 1.51. The Kier molecular flexibility index (Phi) is 2.96. The van der Waals surface area contributed by atoms with Gasteiger partial charge in [-0.2, -0.15) is 0 Å². The maximum absolute atomic E-state index is 5.78. The largest absolute Gasteiger partial charge is 0.496 e. The summed E-state index contributed by atoms with van der Waals surface area (Å²) in [5.41, 5.74) is 8.28. The van der Waals surface area contributed by atoms with Crippen LogP contribution in [0.25, 0.3) is 0 Å². The second-order valence-corrected chi connectivity index (χ2v) is 5.72. The molecule has 0 fully saturated rings. The lowest BCUT2D eigenvalue weighted by molar-refractivity contribution is 0.402. The zero-order valence-corrected chi connectivity index (χ0v) is 11.2. The van der Waals surface area contributed by atoms with Gasteiger partial charge in [-0.1, -0.05) is 18.2 Å². The van der Waals surface area contributed by atoms with Crippen LogP contribution in [0.1, 0.15) is 28.5 Å². The molecular formula is C14H16N2OS. The average Bonchev–Trinajstić information content (AvgIpc) is 2.77. The molecule has 0 aliphatic heterocycles. The van der Waals surface area contributed by atoms with Gasteiger partial charge in [-0.05, 0) is 36.8 Å².